The number of benzene rings is 1. The molecule has 0 saturated carbocycles. The number of carbonyl (C=O) groups excluding carboxylic acids is 2. The average molecular weight is 341 g/mol. The molecule has 0 radical (unpaired) electrons. The molecule has 1 aromatic carbocycles. The normalized spacial score (nSPS) is 19.9. The van der Waals surface area contributed by atoms with Crippen LogP contribution in [0.2, 0.25) is 0 Å². The molecule has 1 aliphatic heterocycles. The van der Waals surface area contributed by atoms with Crippen LogP contribution in [0.25, 0.3) is 0 Å². The molecule has 25 heavy (non-hydrogen) atoms. The molecular formula is C19H20FN3O2. The van der Waals surface area contributed by atoms with Crippen molar-refractivity contribution in [3.05, 3.63) is 65.7 Å². The van der Waals surface area contributed by atoms with Crippen LogP contribution in [0.5, 0.6) is 0 Å². The van der Waals surface area contributed by atoms with E-state index in [-0.39, 0.29) is 24.1 Å². The van der Waals surface area contributed by atoms with E-state index in [1.54, 1.807) is 31.6 Å². The third kappa shape index (κ3) is 3.84. The summed E-state index contributed by atoms with van der Waals surface area (Å²) >= 11 is 0. The highest BCUT2D eigenvalue weighted by Crippen LogP contribution is 2.37. The van der Waals surface area contributed by atoms with Crippen molar-refractivity contribution in [2.45, 2.75) is 18.9 Å². The molecule has 2 atom stereocenters. The molecule has 1 saturated heterocycles. The van der Waals surface area contributed by atoms with Crippen molar-refractivity contribution in [3.8, 4) is 0 Å². The lowest BCUT2D eigenvalue weighted by molar-refractivity contribution is -0.128. The Morgan fingerprint density at radius 1 is 1.32 bits per heavy atom. The zero-order chi connectivity index (χ0) is 17.8. The number of aromatic nitrogens is 1. The quantitative estimate of drug-likeness (QED) is 0.906. The zero-order valence-electron chi connectivity index (χ0n) is 14.0. The number of halogens is 1. The SMILES string of the molecule is CN1C(=O)CC(C(=O)NCCc2ccncc2)C1c1cccc(F)c1. The number of nitrogens with zero attached hydrogens (tertiary/aromatic N) is 2. The number of nitrogens with one attached hydrogen (secondary N) is 1. The van der Waals surface area contributed by atoms with Crippen LogP contribution in [0.3, 0.4) is 0 Å². The second-order valence-electron chi connectivity index (χ2n) is 6.21. The fourth-order valence-corrected chi connectivity index (χ4v) is 3.26. The average Bonchev–Trinajstić information content (AvgIpc) is 2.91. The Bertz CT molecular complexity index is 766. The molecule has 0 spiro atoms. The van der Waals surface area contributed by atoms with Gasteiger partial charge in [0.15, 0.2) is 0 Å². The van der Waals surface area contributed by atoms with Crippen LogP contribution in [0, 0.1) is 11.7 Å². The summed E-state index contributed by atoms with van der Waals surface area (Å²) in [6.45, 7) is 0.479. The molecular weight excluding hydrogens is 321 g/mol. The second-order valence-corrected chi connectivity index (χ2v) is 6.21. The minimum atomic E-state index is -0.517. The van der Waals surface area contributed by atoms with E-state index in [1.165, 1.54) is 17.0 Å². The highest BCUT2D eigenvalue weighted by molar-refractivity contribution is 5.90. The van der Waals surface area contributed by atoms with Crippen molar-refractivity contribution in [3.63, 3.8) is 0 Å². The standard InChI is InChI=1S/C19H20FN3O2/c1-23-17(24)12-16(18(23)14-3-2-4-15(20)11-14)19(25)22-10-7-13-5-8-21-9-6-13/h2-6,8-9,11,16,18H,7,10,12H2,1H3,(H,22,25). The van der Waals surface area contributed by atoms with E-state index in [4.69, 9.17) is 0 Å². The lowest BCUT2D eigenvalue weighted by Crippen LogP contribution is -2.35. The van der Waals surface area contributed by atoms with Crippen molar-refractivity contribution in [2.75, 3.05) is 13.6 Å². The summed E-state index contributed by atoms with van der Waals surface area (Å²) in [5.74, 6) is -1.18. The topological polar surface area (TPSA) is 62.3 Å². The zero-order valence-corrected chi connectivity index (χ0v) is 14.0. The monoisotopic (exact) mass is 341 g/mol. The molecule has 130 valence electrons. The van der Waals surface area contributed by atoms with E-state index in [9.17, 15) is 14.0 Å². The molecule has 5 nitrogen and oxygen atoms in total. The van der Waals surface area contributed by atoms with Crippen molar-refractivity contribution < 1.29 is 14.0 Å². The summed E-state index contributed by atoms with van der Waals surface area (Å²) in [5, 5.41) is 2.90. The van der Waals surface area contributed by atoms with Crippen molar-refractivity contribution in [2.24, 2.45) is 5.92 Å². The van der Waals surface area contributed by atoms with Gasteiger partial charge in [0.2, 0.25) is 11.8 Å². The first-order valence-corrected chi connectivity index (χ1v) is 8.24. The molecule has 6 heteroatoms. The van der Waals surface area contributed by atoms with Gasteiger partial charge in [-0.05, 0) is 41.8 Å². The van der Waals surface area contributed by atoms with Gasteiger partial charge in [-0.3, -0.25) is 14.6 Å². The number of likely N-dealkylation sites (tertiary alicyclic amines) is 1. The number of pyridine rings is 1. The Kier molecular flexibility index (Phi) is 5.07. The largest absolute Gasteiger partial charge is 0.355 e. The molecule has 2 aromatic rings. The molecule has 2 heterocycles. The van der Waals surface area contributed by atoms with Gasteiger partial charge in [-0.2, -0.15) is 0 Å². The fourth-order valence-electron chi connectivity index (χ4n) is 3.26. The molecule has 0 aliphatic carbocycles. The molecule has 1 aliphatic rings. The van der Waals surface area contributed by atoms with Crippen LogP contribution >= 0.6 is 0 Å². The van der Waals surface area contributed by atoms with Crippen LogP contribution in [-0.4, -0.2) is 35.3 Å². The second kappa shape index (κ2) is 7.42. The van der Waals surface area contributed by atoms with Crippen LogP contribution in [-0.2, 0) is 16.0 Å². The first-order valence-electron chi connectivity index (χ1n) is 8.24. The van der Waals surface area contributed by atoms with Gasteiger partial charge < -0.3 is 10.2 Å². The van der Waals surface area contributed by atoms with E-state index in [0.29, 0.717) is 18.5 Å². The summed E-state index contributed by atoms with van der Waals surface area (Å²) in [6.07, 6.45) is 4.25. The van der Waals surface area contributed by atoms with E-state index in [0.717, 1.165) is 5.56 Å². The molecule has 1 N–H and O–H groups in total. The van der Waals surface area contributed by atoms with Crippen molar-refractivity contribution >= 4 is 11.8 Å². The summed E-state index contributed by atoms with van der Waals surface area (Å²) in [7, 11) is 1.65. The summed E-state index contributed by atoms with van der Waals surface area (Å²) < 4.78 is 13.6. The van der Waals surface area contributed by atoms with Gasteiger partial charge in [-0.15, -0.1) is 0 Å². The predicted octanol–water partition coefficient (Wildman–Crippen LogP) is 2.10. The van der Waals surface area contributed by atoms with Crippen LogP contribution in [0.4, 0.5) is 4.39 Å². The minimum Gasteiger partial charge on any atom is -0.355 e. The Hall–Kier alpha value is -2.76. The van der Waals surface area contributed by atoms with Crippen LogP contribution in [0.15, 0.2) is 48.8 Å². The third-order valence-corrected chi connectivity index (χ3v) is 4.58. The number of carbonyl (C=O) groups is 2. The van der Waals surface area contributed by atoms with Crippen molar-refractivity contribution in [1.82, 2.24) is 15.2 Å². The summed E-state index contributed by atoms with van der Waals surface area (Å²) in [6, 6.07) is 9.44. The maximum atomic E-state index is 13.6. The Morgan fingerprint density at radius 3 is 2.80 bits per heavy atom. The Labute approximate surface area is 145 Å². The summed E-state index contributed by atoms with van der Waals surface area (Å²) in [4.78, 5) is 30.2. The number of hydrogen-bond acceptors (Lipinski definition) is 3. The molecule has 2 unspecified atom stereocenters. The maximum absolute atomic E-state index is 13.6. The Balaban J connectivity index is 1.68. The maximum Gasteiger partial charge on any atom is 0.226 e. The molecule has 3 rings (SSSR count). The van der Waals surface area contributed by atoms with Crippen LogP contribution in [0.1, 0.15) is 23.6 Å². The molecule has 0 bridgehead atoms. The van der Waals surface area contributed by atoms with Crippen molar-refractivity contribution in [1.29, 1.82) is 0 Å². The van der Waals surface area contributed by atoms with Gasteiger partial charge in [0, 0.05) is 32.4 Å². The van der Waals surface area contributed by atoms with Gasteiger partial charge in [-0.1, -0.05) is 12.1 Å². The first-order chi connectivity index (χ1) is 12.1. The van der Waals surface area contributed by atoms with E-state index in [1.807, 2.05) is 12.1 Å². The lowest BCUT2D eigenvalue weighted by atomic mass is 9.93. The minimum absolute atomic E-state index is 0.108. The predicted molar refractivity (Wildman–Crippen MR) is 91.0 cm³/mol. The van der Waals surface area contributed by atoms with Gasteiger partial charge in [0.1, 0.15) is 5.82 Å². The van der Waals surface area contributed by atoms with E-state index < -0.39 is 12.0 Å². The Morgan fingerprint density at radius 2 is 2.08 bits per heavy atom. The molecule has 1 aromatic heterocycles. The lowest BCUT2D eigenvalue weighted by Gasteiger charge is -2.25. The fraction of sp³-hybridized carbons (Fsp3) is 0.316. The number of rotatable bonds is 5. The van der Waals surface area contributed by atoms with Crippen LogP contribution < -0.4 is 5.32 Å². The van der Waals surface area contributed by atoms with Gasteiger partial charge >= 0.3 is 0 Å². The summed E-state index contributed by atoms with van der Waals surface area (Å²) in [5.41, 5.74) is 1.72. The number of amides is 2. The smallest absolute Gasteiger partial charge is 0.226 e. The number of hydrogen-bond donors (Lipinski definition) is 1. The molecule has 2 amide bonds. The molecule has 1 fully saturated rings. The van der Waals surface area contributed by atoms with E-state index >= 15 is 0 Å². The van der Waals surface area contributed by atoms with Gasteiger partial charge in [0.25, 0.3) is 0 Å². The first kappa shape index (κ1) is 17.1. The van der Waals surface area contributed by atoms with Gasteiger partial charge in [0.05, 0.1) is 12.0 Å². The van der Waals surface area contributed by atoms with Gasteiger partial charge in [-0.25, -0.2) is 4.39 Å². The highest BCUT2D eigenvalue weighted by atomic mass is 19.1. The van der Waals surface area contributed by atoms with E-state index in [2.05, 4.69) is 10.3 Å². The third-order valence-electron chi connectivity index (χ3n) is 4.58. The highest BCUT2D eigenvalue weighted by Gasteiger charge is 2.42.